The first-order chi connectivity index (χ1) is 9.30. The number of aryl methyl sites for hydroxylation is 1. The molecule has 0 radical (unpaired) electrons. The minimum absolute atomic E-state index is 0.147. The summed E-state index contributed by atoms with van der Waals surface area (Å²) in [5.74, 6) is -0.627. The zero-order valence-corrected chi connectivity index (χ0v) is 12.4. The number of rotatable bonds is 3. The molecule has 1 aliphatic heterocycles. The third kappa shape index (κ3) is 3.07. The predicted octanol–water partition coefficient (Wildman–Crippen LogP) is 2.16. The molecule has 1 saturated heterocycles. The third-order valence-corrected chi connectivity index (χ3v) is 3.71. The summed E-state index contributed by atoms with van der Waals surface area (Å²) >= 11 is 0. The monoisotopic (exact) mass is 279 g/mol. The molecule has 6 heteroatoms. The standard InChI is InChI=1S/C14H21N3O3/c1-8-9(2)16-17-12(11(8)13(18)19)15-10-5-6-20-14(3,4)7-10/h10H,5-7H2,1-4H3,(H,15,17)(H,18,19). The molecule has 1 unspecified atom stereocenters. The van der Waals surface area contributed by atoms with Crippen molar-refractivity contribution in [1.29, 1.82) is 0 Å². The van der Waals surface area contributed by atoms with E-state index < -0.39 is 5.97 Å². The summed E-state index contributed by atoms with van der Waals surface area (Å²) in [6, 6.07) is 0.147. The number of anilines is 1. The molecule has 6 nitrogen and oxygen atoms in total. The Morgan fingerprint density at radius 3 is 2.70 bits per heavy atom. The normalized spacial score (nSPS) is 21.5. The topological polar surface area (TPSA) is 84.3 Å². The summed E-state index contributed by atoms with van der Waals surface area (Å²) in [6.07, 6.45) is 1.64. The molecule has 0 bridgehead atoms. The van der Waals surface area contributed by atoms with E-state index in [1.165, 1.54) is 0 Å². The Morgan fingerprint density at radius 1 is 1.40 bits per heavy atom. The second kappa shape index (κ2) is 5.36. The van der Waals surface area contributed by atoms with Gasteiger partial charge in [0.2, 0.25) is 0 Å². The Labute approximate surface area is 118 Å². The van der Waals surface area contributed by atoms with Gasteiger partial charge in [-0.1, -0.05) is 0 Å². The van der Waals surface area contributed by atoms with Crippen molar-refractivity contribution < 1.29 is 14.6 Å². The van der Waals surface area contributed by atoms with E-state index in [1.54, 1.807) is 13.8 Å². The molecule has 1 atom stereocenters. The van der Waals surface area contributed by atoms with Crippen LogP contribution in [0, 0.1) is 13.8 Å². The van der Waals surface area contributed by atoms with Crippen LogP contribution in [-0.2, 0) is 4.74 Å². The van der Waals surface area contributed by atoms with Gasteiger partial charge in [0.1, 0.15) is 5.56 Å². The fraction of sp³-hybridized carbons (Fsp3) is 0.643. The van der Waals surface area contributed by atoms with Crippen LogP contribution in [-0.4, -0.2) is 39.5 Å². The van der Waals surface area contributed by atoms with Gasteiger partial charge in [-0.25, -0.2) is 4.79 Å². The molecule has 0 aliphatic carbocycles. The van der Waals surface area contributed by atoms with Crippen LogP contribution in [0.15, 0.2) is 0 Å². The average molecular weight is 279 g/mol. The Hall–Kier alpha value is -1.69. The molecule has 110 valence electrons. The van der Waals surface area contributed by atoms with Crippen molar-refractivity contribution >= 4 is 11.8 Å². The molecule has 1 aliphatic rings. The summed E-state index contributed by atoms with van der Waals surface area (Å²) < 4.78 is 5.66. The van der Waals surface area contributed by atoms with Gasteiger partial charge in [0.15, 0.2) is 5.82 Å². The Kier molecular flexibility index (Phi) is 3.94. The second-order valence-corrected chi connectivity index (χ2v) is 5.88. The lowest BCUT2D eigenvalue weighted by Gasteiger charge is -2.36. The van der Waals surface area contributed by atoms with Crippen molar-refractivity contribution in [2.75, 3.05) is 11.9 Å². The lowest BCUT2D eigenvalue weighted by Crippen LogP contribution is -2.40. The number of aromatic carboxylic acids is 1. The fourth-order valence-electron chi connectivity index (χ4n) is 2.52. The molecule has 1 aromatic heterocycles. The van der Waals surface area contributed by atoms with Gasteiger partial charge in [0, 0.05) is 12.6 Å². The summed E-state index contributed by atoms with van der Waals surface area (Å²) in [5, 5.41) is 20.6. The highest BCUT2D eigenvalue weighted by atomic mass is 16.5. The summed E-state index contributed by atoms with van der Waals surface area (Å²) in [5.41, 5.74) is 1.30. The number of aromatic nitrogens is 2. The van der Waals surface area contributed by atoms with Gasteiger partial charge in [0.25, 0.3) is 0 Å². The van der Waals surface area contributed by atoms with Crippen LogP contribution in [0.25, 0.3) is 0 Å². The molecular weight excluding hydrogens is 258 g/mol. The molecule has 20 heavy (non-hydrogen) atoms. The van der Waals surface area contributed by atoms with Crippen LogP contribution in [0.5, 0.6) is 0 Å². The quantitative estimate of drug-likeness (QED) is 0.882. The van der Waals surface area contributed by atoms with Crippen LogP contribution in [0.3, 0.4) is 0 Å². The summed E-state index contributed by atoms with van der Waals surface area (Å²) in [6.45, 7) is 8.24. The first-order valence-electron chi connectivity index (χ1n) is 6.78. The fourth-order valence-corrected chi connectivity index (χ4v) is 2.52. The number of ether oxygens (including phenoxy) is 1. The van der Waals surface area contributed by atoms with Crippen molar-refractivity contribution in [2.24, 2.45) is 0 Å². The molecular formula is C14H21N3O3. The minimum atomic E-state index is -0.977. The average Bonchev–Trinajstić information content (AvgIpc) is 2.32. The number of carboxylic acids is 1. The molecule has 0 spiro atoms. The molecule has 2 rings (SSSR count). The smallest absolute Gasteiger partial charge is 0.339 e. The predicted molar refractivity (Wildman–Crippen MR) is 75.1 cm³/mol. The maximum absolute atomic E-state index is 11.4. The van der Waals surface area contributed by atoms with E-state index in [0.29, 0.717) is 23.7 Å². The number of carboxylic acid groups (broad SMARTS) is 1. The van der Waals surface area contributed by atoms with Crippen molar-refractivity contribution in [3.63, 3.8) is 0 Å². The van der Waals surface area contributed by atoms with Gasteiger partial charge in [-0.05, 0) is 46.1 Å². The van der Waals surface area contributed by atoms with Gasteiger partial charge in [-0.15, -0.1) is 5.10 Å². The maximum Gasteiger partial charge on any atom is 0.339 e. The Bertz CT molecular complexity index is 529. The number of carbonyl (C=O) groups is 1. The van der Waals surface area contributed by atoms with Gasteiger partial charge >= 0.3 is 5.97 Å². The highest BCUT2D eigenvalue weighted by Crippen LogP contribution is 2.27. The number of hydrogen-bond acceptors (Lipinski definition) is 5. The van der Waals surface area contributed by atoms with Gasteiger partial charge in [-0.3, -0.25) is 0 Å². The van der Waals surface area contributed by atoms with Crippen LogP contribution in [0.4, 0.5) is 5.82 Å². The number of hydrogen-bond donors (Lipinski definition) is 2. The maximum atomic E-state index is 11.4. The summed E-state index contributed by atoms with van der Waals surface area (Å²) in [4.78, 5) is 11.4. The molecule has 0 aromatic carbocycles. The zero-order valence-electron chi connectivity index (χ0n) is 12.4. The van der Waals surface area contributed by atoms with Gasteiger partial charge < -0.3 is 15.2 Å². The van der Waals surface area contributed by atoms with Crippen molar-refractivity contribution in [1.82, 2.24) is 10.2 Å². The molecule has 0 saturated carbocycles. The van der Waals surface area contributed by atoms with Crippen molar-refractivity contribution in [3.05, 3.63) is 16.8 Å². The first-order valence-corrected chi connectivity index (χ1v) is 6.78. The lowest BCUT2D eigenvalue weighted by molar-refractivity contribution is -0.0553. The van der Waals surface area contributed by atoms with Crippen LogP contribution < -0.4 is 5.32 Å². The number of nitrogens with zero attached hydrogens (tertiary/aromatic N) is 2. The molecule has 0 amide bonds. The molecule has 1 fully saturated rings. The van der Waals surface area contributed by atoms with Crippen LogP contribution >= 0.6 is 0 Å². The Morgan fingerprint density at radius 2 is 2.10 bits per heavy atom. The third-order valence-electron chi connectivity index (χ3n) is 3.71. The van der Waals surface area contributed by atoms with E-state index in [2.05, 4.69) is 15.5 Å². The van der Waals surface area contributed by atoms with E-state index >= 15 is 0 Å². The molecule has 1 aromatic rings. The lowest BCUT2D eigenvalue weighted by atomic mass is 9.94. The van der Waals surface area contributed by atoms with Crippen molar-refractivity contribution in [2.45, 2.75) is 52.2 Å². The minimum Gasteiger partial charge on any atom is -0.478 e. The van der Waals surface area contributed by atoms with Crippen LogP contribution in [0.1, 0.15) is 48.3 Å². The van der Waals surface area contributed by atoms with E-state index in [4.69, 9.17) is 4.74 Å². The Balaban J connectivity index is 2.25. The van der Waals surface area contributed by atoms with E-state index in [9.17, 15) is 9.90 Å². The molecule has 2 heterocycles. The highest BCUT2D eigenvalue weighted by molar-refractivity contribution is 5.94. The van der Waals surface area contributed by atoms with E-state index in [0.717, 1.165) is 12.8 Å². The van der Waals surface area contributed by atoms with Gasteiger partial charge in [0.05, 0.1) is 11.3 Å². The first kappa shape index (κ1) is 14.7. The van der Waals surface area contributed by atoms with E-state index in [-0.39, 0.29) is 17.2 Å². The number of nitrogens with one attached hydrogen (secondary N) is 1. The van der Waals surface area contributed by atoms with Crippen LogP contribution in [0.2, 0.25) is 0 Å². The zero-order chi connectivity index (χ0) is 14.9. The van der Waals surface area contributed by atoms with Crippen molar-refractivity contribution in [3.8, 4) is 0 Å². The molecule has 2 N–H and O–H groups in total. The van der Waals surface area contributed by atoms with E-state index in [1.807, 2.05) is 13.8 Å². The van der Waals surface area contributed by atoms with Gasteiger partial charge in [-0.2, -0.15) is 5.10 Å². The second-order valence-electron chi connectivity index (χ2n) is 5.88. The largest absolute Gasteiger partial charge is 0.478 e. The SMILES string of the molecule is Cc1nnc(NC2CCOC(C)(C)C2)c(C(=O)O)c1C. The summed E-state index contributed by atoms with van der Waals surface area (Å²) in [7, 11) is 0. The highest BCUT2D eigenvalue weighted by Gasteiger charge is 2.30.